The van der Waals surface area contributed by atoms with Crippen molar-refractivity contribution in [2.45, 2.75) is 0 Å². The lowest BCUT2D eigenvalue weighted by Gasteiger charge is -2.10. The number of fused-ring (bicyclic) bond motifs is 1. The summed E-state index contributed by atoms with van der Waals surface area (Å²) >= 11 is 0. The first-order chi connectivity index (χ1) is 13.3. The Kier molecular flexibility index (Phi) is 5.03. The molecule has 1 aliphatic rings. The van der Waals surface area contributed by atoms with Gasteiger partial charge in [0, 0.05) is 20.2 Å². The third-order valence-corrected chi connectivity index (χ3v) is 4.14. The van der Waals surface area contributed by atoms with Crippen molar-refractivity contribution in [1.29, 1.82) is 0 Å². The topological polar surface area (TPSA) is 132 Å². The predicted octanol–water partition coefficient (Wildman–Crippen LogP) is -0.166. The van der Waals surface area contributed by atoms with Gasteiger partial charge in [-0.15, -0.1) is 0 Å². The first-order valence-corrected chi connectivity index (χ1v) is 8.12. The smallest absolute Gasteiger partial charge is 0.332 e. The average Bonchev–Trinajstić information content (AvgIpc) is 3.15. The molecular formula is C18H17N3O7. The third-order valence-electron chi connectivity index (χ3n) is 4.14. The average molecular weight is 387 g/mol. The summed E-state index contributed by atoms with van der Waals surface area (Å²) in [4.78, 5) is 48.0. The Bertz CT molecular complexity index is 1110. The molecule has 2 heterocycles. The minimum atomic E-state index is -0.849. The van der Waals surface area contributed by atoms with Gasteiger partial charge in [0.05, 0.1) is 0 Å². The maximum Gasteiger partial charge on any atom is 0.332 e. The van der Waals surface area contributed by atoms with Crippen LogP contribution in [0.3, 0.4) is 0 Å². The fourth-order valence-corrected chi connectivity index (χ4v) is 2.56. The number of anilines is 1. The number of hydrogen-bond donors (Lipinski definition) is 1. The molecule has 0 saturated heterocycles. The van der Waals surface area contributed by atoms with Crippen LogP contribution >= 0.6 is 0 Å². The van der Waals surface area contributed by atoms with Gasteiger partial charge in [-0.25, -0.2) is 9.59 Å². The zero-order chi connectivity index (χ0) is 20.4. The molecule has 1 aromatic heterocycles. The van der Waals surface area contributed by atoms with Crippen molar-refractivity contribution in [2.24, 2.45) is 14.1 Å². The van der Waals surface area contributed by atoms with Gasteiger partial charge in [-0.3, -0.25) is 18.7 Å². The van der Waals surface area contributed by atoms with E-state index in [4.69, 9.17) is 19.9 Å². The fraction of sp³-hybridized carbons (Fsp3) is 0.222. The molecule has 28 heavy (non-hydrogen) atoms. The van der Waals surface area contributed by atoms with Gasteiger partial charge in [0.25, 0.3) is 5.56 Å². The summed E-state index contributed by atoms with van der Waals surface area (Å²) in [5.74, 6) is -0.705. The van der Waals surface area contributed by atoms with Crippen molar-refractivity contribution in [3.05, 3.63) is 56.2 Å². The van der Waals surface area contributed by atoms with Gasteiger partial charge in [0.15, 0.2) is 18.1 Å². The lowest BCUT2D eigenvalue weighted by molar-refractivity contribution is -0.136. The maximum atomic E-state index is 12.3. The van der Waals surface area contributed by atoms with E-state index in [1.165, 1.54) is 20.2 Å². The second-order valence-corrected chi connectivity index (χ2v) is 5.94. The molecule has 0 aliphatic carbocycles. The highest BCUT2D eigenvalue weighted by molar-refractivity contribution is 6.01. The van der Waals surface area contributed by atoms with Gasteiger partial charge in [-0.1, -0.05) is 6.07 Å². The van der Waals surface area contributed by atoms with E-state index in [0.29, 0.717) is 17.1 Å². The van der Waals surface area contributed by atoms with Crippen LogP contribution in [0.25, 0.3) is 6.08 Å². The summed E-state index contributed by atoms with van der Waals surface area (Å²) in [5, 5.41) is 0. The Balaban J connectivity index is 1.67. The number of aromatic nitrogens is 2. The van der Waals surface area contributed by atoms with Crippen molar-refractivity contribution >= 4 is 23.6 Å². The number of Topliss-reactive ketones (excluding diaryl/α,β-unsaturated/α-hetero) is 1. The molecule has 0 amide bonds. The minimum absolute atomic E-state index is 0.139. The molecule has 10 nitrogen and oxygen atoms in total. The van der Waals surface area contributed by atoms with Crippen molar-refractivity contribution < 1.29 is 23.8 Å². The highest BCUT2D eigenvalue weighted by Crippen LogP contribution is 2.32. The number of rotatable bonds is 5. The van der Waals surface area contributed by atoms with E-state index in [-0.39, 0.29) is 12.6 Å². The maximum absolute atomic E-state index is 12.3. The minimum Gasteiger partial charge on any atom is -0.454 e. The lowest BCUT2D eigenvalue weighted by Crippen LogP contribution is -2.42. The largest absolute Gasteiger partial charge is 0.454 e. The van der Waals surface area contributed by atoms with E-state index in [1.54, 1.807) is 18.2 Å². The van der Waals surface area contributed by atoms with Gasteiger partial charge in [-0.2, -0.15) is 0 Å². The van der Waals surface area contributed by atoms with Crippen molar-refractivity contribution in [2.75, 3.05) is 19.1 Å². The second kappa shape index (κ2) is 7.43. The van der Waals surface area contributed by atoms with Gasteiger partial charge < -0.3 is 19.9 Å². The van der Waals surface area contributed by atoms with Gasteiger partial charge >= 0.3 is 11.7 Å². The zero-order valence-electron chi connectivity index (χ0n) is 15.1. The van der Waals surface area contributed by atoms with E-state index in [0.717, 1.165) is 15.2 Å². The van der Waals surface area contributed by atoms with Crippen LogP contribution in [0.1, 0.15) is 15.9 Å². The number of ketones is 1. The molecule has 0 unspecified atom stereocenters. The molecule has 1 aromatic carbocycles. The third kappa shape index (κ3) is 3.52. The number of carbonyl (C=O) groups excluding carboxylic acids is 2. The molecule has 0 spiro atoms. The van der Waals surface area contributed by atoms with Crippen LogP contribution in [0.15, 0.2) is 33.9 Å². The number of hydrogen-bond acceptors (Lipinski definition) is 8. The SMILES string of the molecule is Cn1c(N)c(C(=O)COC(=O)C=Cc2ccc3c(c2)OCO3)c(=O)n(C)c1=O. The number of nitrogen functional groups attached to an aromatic ring is 1. The Labute approximate surface area is 158 Å². The normalized spacial score (nSPS) is 12.4. The van der Waals surface area contributed by atoms with E-state index >= 15 is 0 Å². The first-order valence-electron chi connectivity index (χ1n) is 8.12. The Morgan fingerprint density at radius 1 is 1.18 bits per heavy atom. The van der Waals surface area contributed by atoms with Crippen LogP contribution < -0.4 is 26.5 Å². The number of nitrogens with two attached hydrogens (primary N) is 1. The van der Waals surface area contributed by atoms with Crippen molar-refractivity contribution in [1.82, 2.24) is 9.13 Å². The van der Waals surface area contributed by atoms with E-state index in [9.17, 15) is 19.2 Å². The summed E-state index contributed by atoms with van der Waals surface area (Å²) in [5.41, 5.74) is 4.44. The molecule has 146 valence electrons. The van der Waals surface area contributed by atoms with Crippen LogP contribution in [-0.2, 0) is 23.6 Å². The van der Waals surface area contributed by atoms with Crippen molar-refractivity contribution in [3.63, 3.8) is 0 Å². The summed E-state index contributed by atoms with van der Waals surface area (Å²) < 4.78 is 17.0. The standard InChI is InChI=1S/C18H17N3O7/c1-20-16(19)15(17(24)21(2)18(20)25)11(22)8-26-14(23)6-4-10-3-5-12-13(7-10)28-9-27-12/h3-7H,8-9,19H2,1-2H3. The summed E-state index contributed by atoms with van der Waals surface area (Å²) in [6, 6.07) is 5.11. The molecule has 0 radical (unpaired) electrons. The first kappa shape index (κ1) is 19.0. The highest BCUT2D eigenvalue weighted by Gasteiger charge is 2.21. The van der Waals surface area contributed by atoms with E-state index < -0.39 is 35.2 Å². The van der Waals surface area contributed by atoms with Gasteiger partial charge in [0.1, 0.15) is 11.4 Å². The number of esters is 1. The van der Waals surface area contributed by atoms with Gasteiger partial charge in [-0.05, 0) is 23.8 Å². The molecule has 0 saturated carbocycles. The highest BCUT2D eigenvalue weighted by atomic mass is 16.7. The van der Waals surface area contributed by atoms with Crippen LogP contribution in [0.2, 0.25) is 0 Å². The number of carbonyl (C=O) groups is 2. The lowest BCUT2D eigenvalue weighted by atomic mass is 10.2. The number of nitrogens with zero attached hydrogens (tertiary/aromatic N) is 2. The summed E-state index contributed by atoms with van der Waals surface area (Å²) in [6.45, 7) is -0.553. The Morgan fingerprint density at radius 3 is 2.64 bits per heavy atom. The summed E-state index contributed by atoms with van der Waals surface area (Å²) in [7, 11) is 2.55. The quantitative estimate of drug-likeness (QED) is 0.425. The van der Waals surface area contributed by atoms with E-state index in [1.807, 2.05) is 0 Å². The molecule has 10 heteroatoms. The van der Waals surface area contributed by atoms with Crippen LogP contribution in [-0.4, -0.2) is 34.3 Å². The molecule has 3 rings (SSSR count). The summed E-state index contributed by atoms with van der Waals surface area (Å²) in [6.07, 6.45) is 2.61. The second-order valence-electron chi connectivity index (χ2n) is 5.94. The Morgan fingerprint density at radius 2 is 1.89 bits per heavy atom. The van der Waals surface area contributed by atoms with Crippen LogP contribution in [0.4, 0.5) is 5.82 Å². The predicted molar refractivity (Wildman–Crippen MR) is 98.2 cm³/mol. The Hall–Kier alpha value is -3.82. The monoisotopic (exact) mass is 387 g/mol. The van der Waals surface area contributed by atoms with Crippen LogP contribution in [0.5, 0.6) is 11.5 Å². The molecule has 2 N–H and O–H groups in total. The molecule has 0 bridgehead atoms. The van der Waals surface area contributed by atoms with E-state index in [2.05, 4.69) is 0 Å². The molecular weight excluding hydrogens is 370 g/mol. The van der Waals surface area contributed by atoms with Gasteiger partial charge in [0.2, 0.25) is 12.6 Å². The molecule has 0 fully saturated rings. The van der Waals surface area contributed by atoms with Crippen LogP contribution in [0, 0.1) is 0 Å². The van der Waals surface area contributed by atoms with Crippen molar-refractivity contribution in [3.8, 4) is 11.5 Å². The number of benzene rings is 1. The molecule has 0 atom stereocenters. The zero-order valence-corrected chi connectivity index (χ0v) is 15.1. The fourth-order valence-electron chi connectivity index (χ4n) is 2.56. The number of ether oxygens (including phenoxy) is 3. The molecule has 2 aromatic rings. The molecule has 1 aliphatic heterocycles.